The van der Waals surface area contributed by atoms with Crippen molar-refractivity contribution in [3.05, 3.63) is 60.2 Å². The van der Waals surface area contributed by atoms with Gasteiger partial charge in [0.25, 0.3) is 0 Å². The van der Waals surface area contributed by atoms with Gasteiger partial charge in [-0.25, -0.2) is 4.79 Å². The van der Waals surface area contributed by atoms with Crippen molar-refractivity contribution in [2.24, 2.45) is 0 Å². The molecule has 0 heterocycles. The predicted octanol–water partition coefficient (Wildman–Crippen LogP) is 4.24. The Kier molecular flexibility index (Phi) is 5.33. The van der Waals surface area contributed by atoms with Crippen molar-refractivity contribution in [2.45, 2.75) is 19.8 Å². The van der Waals surface area contributed by atoms with E-state index < -0.39 is 5.97 Å². The molecule has 0 N–H and O–H groups in total. The topological polar surface area (TPSA) is 35.5 Å². The van der Waals surface area contributed by atoms with Crippen LogP contribution in [0.25, 0.3) is 11.1 Å². The lowest BCUT2D eigenvalue weighted by molar-refractivity contribution is -0.241. The lowest BCUT2D eigenvalue weighted by Crippen LogP contribution is -2.06. The number of carbonyl (C=O) groups is 1. The molecule has 0 spiro atoms. The van der Waals surface area contributed by atoms with Gasteiger partial charge in [0, 0.05) is 0 Å². The number of rotatable bonds is 6. The van der Waals surface area contributed by atoms with Crippen molar-refractivity contribution < 1.29 is 14.6 Å². The van der Waals surface area contributed by atoms with Gasteiger partial charge >= 0.3 is 5.97 Å². The number of benzene rings is 2. The van der Waals surface area contributed by atoms with E-state index in [2.05, 4.69) is 0 Å². The number of carbonyl (C=O) groups excluding carboxylic acids is 1. The zero-order chi connectivity index (χ0) is 14.2. The largest absolute Gasteiger partial charge is 0.373 e. The maximum atomic E-state index is 11.7. The minimum atomic E-state index is -0.458. The summed E-state index contributed by atoms with van der Waals surface area (Å²) in [6, 6.07) is 17.3. The van der Waals surface area contributed by atoms with E-state index in [1.807, 2.05) is 49.4 Å². The Balaban J connectivity index is 1.96. The van der Waals surface area contributed by atoms with Crippen molar-refractivity contribution >= 4 is 5.97 Å². The van der Waals surface area contributed by atoms with Crippen LogP contribution in [0.15, 0.2) is 54.6 Å². The Hall–Kier alpha value is -2.13. The van der Waals surface area contributed by atoms with Gasteiger partial charge in [-0.2, -0.15) is 4.89 Å². The first-order valence-corrected chi connectivity index (χ1v) is 6.80. The molecule has 2 rings (SSSR count). The van der Waals surface area contributed by atoms with Gasteiger partial charge < -0.3 is 0 Å². The standard InChI is InChI=1S/C17H18O3/c1-2-3-13-19-20-17(18)16-11-9-15(10-12-16)14-7-5-4-6-8-14/h4-12H,2-3,13H2,1H3. The van der Waals surface area contributed by atoms with Crippen molar-refractivity contribution in [1.29, 1.82) is 0 Å². The monoisotopic (exact) mass is 270 g/mol. The first-order valence-electron chi connectivity index (χ1n) is 6.80. The molecule has 0 saturated heterocycles. The summed E-state index contributed by atoms with van der Waals surface area (Å²) < 4.78 is 0. The van der Waals surface area contributed by atoms with E-state index in [-0.39, 0.29) is 0 Å². The SMILES string of the molecule is CCCCOOC(=O)c1ccc(-c2ccccc2)cc1. The Morgan fingerprint density at radius 3 is 2.25 bits per heavy atom. The highest BCUT2D eigenvalue weighted by Gasteiger charge is 2.08. The molecule has 2 aromatic carbocycles. The van der Waals surface area contributed by atoms with Gasteiger partial charge in [-0.1, -0.05) is 55.8 Å². The van der Waals surface area contributed by atoms with Gasteiger partial charge in [-0.15, -0.1) is 0 Å². The Morgan fingerprint density at radius 1 is 0.950 bits per heavy atom. The minimum Gasteiger partial charge on any atom is -0.293 e. The Labute approximate surface area is 119 Å². The Bertz CT molecular complexity index is 532. The fourth-order valence-corrected chi connectivity index (χ4v) is 1.78. The van der Waals surface area contributed by atoms with Crippen molar-refractivity contribution in [2.75, 3.05) is 6.61 Å². The summed E-state index contributed by atoms with van der Waals surface area (Å²) in [6.07, 6.45) is 1.88. The van der Waals surface area contributed by atoms with E-state index in [4.69, 9.17) is 9.78 Å². The molecular weight excluding hydrogens is 252 g/mol. The van der Waals surface area contributed by atoms with Crippen LogP contribution in [0.3, 0.4) is 0 Å². The van der Waals surface area contributed by atoms with Gasteiger partial charge in [-0.05, 0) is 29.7 Å². The normalized spacial score (nSPS) is 10.2. The summed E-state index contributed by atoms with van der Waals surface area (Å²) in [5, 5.41) is 0. The molecule has 0 radical (unpaired) electrons. The van der Waals surface area contributed by atoms with Crippen LogP contribution >= 0.6 is 0 Å². The molecule has 0 bridgehead atoms. The number of hydrogen-bond acceptors (Lipinski definition) is 3. The number of hydrogen-bond donors (Lipinski definition) is 0. The van der Waals surface area contributed by atoms with E-state index >= 15 is 0 Å². The maximum absolute atomic E-state index is 11.7. The summed E-state index contributed by atoms with van der Waals surface area (Å²) in [7, 11) is 0. The molecule has 0 aliphatic rings. The van der Waals surface area contributed by atoms with Crippen molar-refractivity contribution in [1.82, 2.24) is 0 Å². The van der Waals surface area contributed by atoms with Gasteiger partial charge in [0.05, 0.1) is 12.2 Å². The third-order valence-electron chi connectivity index (χ3n) is 2.94. The molecule has 3 nitrogen and oxygen atoms in total. The quantitative estimate of drug-likeness (QED) is 0.447. The average molecular weight is 270 g/mol. The summed E-state index contributed by atoms with van der Waals surface area (Å²) in [4.78, 5) is 21.3. The molecule has 104 valence electrons. The lowest BCUT2D eigenvalue weighted by atomic mass is 10.0. The van der Waals surface area contributed by atoms with Gasteiger partial charge in [0.1, 0.15) is 0 Å². The molecule has 0 atom stereocenters. The van der Waals surface area contributed by atoms with Crippen molar-refractivity contribution in [3.63, 3.8) is 0 Å². The molecule has 20 heavy (non-hydrogen) atoms. The molecule has 2 aromatic rings. The fourth-order valence-electron chi connectivity index (χ4n) is 1.78. The Morgan fingerprint density at radius 2 is 1.60 bits per heavy atom. The highest BCUT2D eigenvalue weighted by Crippen LogP contribution is 2.19. The third kappa shape index (κ3) is 3.93. The van der Waals surface area contributed by atoms with Crippen LogP contribution in [0.1, 0.15) is 30.1 Å². The van der Waals surface area contributed by atoms with Crippen LogP contribution in [0.4, 0.5) is 0 Å². The van der Waals surface area contributed by atoms with Gasteiger partial charge in [0.2, 0.25) is 0 Å². The van der Waals surface area contributed by atoms with Crippen LogP contribution in [-0.4, -0.2) is 12.6 Å². The smallest absolute Gasteiger partial charge is 0.293 e. The molecule has 0 unspecified atom stereocenters. The summed E-state index contributed by atoms with van der Waals surface area (Å²) in [5.74, 6) is -0.458. The summed E-state index contributed by atoms with van der Waals surface area (Å²) >= 11 is 0. The number of unbranched alkanes of at least 4 members (excludes halogenated alkanes) is 1. The average Bonchev–Trinajstić information content (AvgIpc) is 2.52. The zero-order valence-electron chi connectivity index (χ0n) is 11.5. The van der Waals surface area contributed by atoms with E-state index in [9.17, 15) is 4.79 Å². The van der Waals surface area contributed by atoms with Crippen LogP contribution in [0, 0.1) is 0 Å². The van der Waals surface area contributed by atoms with Crippen LogP contribution in [0.2, 0.25) is 0 Å². The summed E-state index contributed by atoms with van der Waals surface area (Å²) in [6.45, 7) is 2.48. The van der Waals surface area contributed by atoms with E-state index in [1.54, 1.807) is 12.1 Å². The van der Waals surface area contributed by atoms with Crippen LogP contribution in [-0.2, 0) is 9.78 Å². The molecule has 0 fully saturated rings. The molecule has 0 aliphatic heterocycles. The molecule has 3 heteroatoms. The molecule has 0 saturated carbocycles. The van der Waals surface area contributed by atoms with Crippen molar-refractivity contribution in [3.8, 4) is 11.1 Å². The lowest BCUT2D eigenvalue weighted by Gasteiger charge is -2.05. The second-order valence-electron chi connectivity index (χ2n) is 4.49. The highest BCUT2D eigenvalue weighted by atomic mass is 17.2. The first-order chi connectivity index (χ1) is 9.81. The molecule has 0 aliphatic carbocycles. The fraction of sp³-hybridized carbons (Fsp3) is 0.235. The van der Waals surface area contributed by atoms with E-state index in [0.29, 0.717) is 12.2 Å². The van der Waals surface area contributed by atoms with Crippen LogP contribution < -0.4 is 0 Å². The maximum Gasteiger partial charge on any atom is 0.373 e. The van der Waals surface area contributed by atoms with E-state index in [0.717, 1.165) is 24.0 Å². The summed E-state index contributed by atoms with van der Waals surface area (Å²) in [5.41, 5.74) is 2.67. The first kappa shape index (κ1) is 14.3. The van der Waals surface area contributed by atoms with E-state index in [1.165, 1.54) is 0 Å². The molecule has 0 amide bonds. The van der Waals surface area contributed by atoms with Crippen LogP contribution in [0.5, 0.6) is 0 Å². The third-order valence-corrected chi connectivity index (χ3v) is 2.94. The zero-order valence-corrected chi connectivity index (χ0v) is 11.5. The molecule has 0 aromatic heterocycles. The second-order valence-corrected chi connectivity index (χ2v) is 4.49. The predicted molar refractivity (Wildman–Crippen MR) is 78.2 cm³/mol. The van der Waals surface area contributed by atoms with Gasteiger partial charge in [0.15, 0.2) is 0 Å². The minimum absolute atomic E-state index is 0.435. The van der Waals surface area contributed by atoms with Gasteiger partial charge in [-0.3, -0.25) is 4.89 Å². The highest BCUT2D eigenvalue weighted by molar-refractivity contribution is 5.89. The molecular formula is C17H18O3. The second kappa shape index (κ2) is 7.46.